The van der Waals surface area contributed by atoms with Gasteiger partial charge in [0.05, 0.1) is 12.7 Å². The molecule has 0 spiro atoms. The van der Waals surface area contributed by atoms with E-state index < -0.39 is 0 Å². The number of carbonyl (C=O) groups excluding carboxylic acids is 1. The molecule has 1 aromatic rings. The molecule has 0 saturated carbocycles. The van der Waals surface area contributed by atoms with Crippen LogP contribution in [0.3, 0.4) is 0 Å². The lowest BCUT2D eigenvalue weighted by Gasteiger charge is -2.15. The van der Waals surface area contributed by atoms with Crippen molar-refractivity contribution in [1.82, 2.24) is 0 Å². The largest absolute Gasteiger partial charge is 0.496 e. The lowest BCUT2D eigenvalue weighted by molar-refractivity contribution is 0.0576. The fourth-order valence-corrected chi connectivity index (χ4v) is 2.55. The van der Waals surface area contributed by atoms with Crippen LogP contribution in [0.2, 0.25) is 0 Å². The molecule has 0 aliphatic carbocycles. The maximum absolute atomic E-state index is 12.4. The zero-order valence-corrected chi connectivity index (χ0v) is 12.1. The van der Waals surface area contributed by atoms with Gasteiger partial charge in [-0.05, 0) is 53.1 Å². The van der Waals surface area contributed by atoms with Crippen LogP contribution < -0.4 is 4.74 Å². The average Bonchev–Trinajstić information content (AvgIpc) is 2.74. The topological polar surface area (TPSA) is 35.5 Å². The van der Waals surface area contributed by atoms with Crippen LogP contribution in [0.15, 0.2) is 18.2 Å². The molecule has 1 aromatic carbocycles. The fourth-order valence-electron chi connectivity index (χ4n) is 2.06. The third-order valence-corrected chi connectivity index (χ3v) is 3.74. The van der Waals surface area contributed by atoms with E-state index in [1.54, 1.807) is 7.11 Å². The second-order valence-corrected chi connectivity index (χ2v) is 5.51. The molecule has 92 valence electrons. The molecule has 1 heterocycles. The van der Waals surface area contributed by atoms with Gasteiger partial charge in [-0.1, -0.05) is 6.92 Å². The van der Waals surface area contributed by atoms with Crippen LogP contribution in [0.25, 0.3) is 0 Å². The smallest absolute Gasteiger partial charge is 0.195 e. The van der Waals surface area contributed by atoms with E-state index in [4.69, 9.17) is 9.47 Å². The maximum atomic E-state index is 12.4. The van der Waals surface area contributed by atoms with Gasteiger partial charge in [-0.25, -0.2) is 0 Å². The molecule has 2 atom stereocenters. The van der Waals surface area contributed by atoms with E-state index in [1.165, 1.54) is 0 Å². The van der Waals surface area contributed by atoms with Crippen molar-refractivity contribution in [3.05, 3.63) is 27.3 Å². The van der Waals surface area contributed by atoms with E-state index in [1.807, 2.05) is 18.2 Å². The standard InChI is InChI=1S/C13H15IO3/c1-8-5-6-17-13(8)12(15)10-7-9(14)3-4-11(10)16-2/h3-4,7-8,13H,5-6H2,1-2H3. The molecule has 2 unspecified atom stereocenters. The lowest BCUT2D eigenvalue weighted by Crippen LogP contribution is -2.25. The summed E-state index contributed by atoms with van der Waals surface area (Å²) in [5.74, 6) is 0.938. The Morgan fingerprint density at radius 1 is 1.53 bits per heavy atom. The summed E-state index contributed by atoms with van der Waals surface area (Å²) in [7, 11) is 1.58. The van der Waals surface area contributed by atoms with E-state index >= 15 is 0 Å². The summed E-state index contributed by atoms with van der Waals surface area (Å²) in [4.78, 5) is 12.4. The molecule has 1 saturated heterocycles. The molecule has 0 bridgehead atoms. The zero-order chi connectivity index (χ0) is 12.4. The predicted octanol–water partition coefficient (Wildman–Crippen LogP) is 2.91. The van der Waals surface area contributed by atoms with Crippen LogP contribution >= 0.6 is 22.6 Å². The number of hydrogen-bond donors (Lipinski definition) is 0. The number of methoxy groups -OCH3 is 1. The molecule has 3 nitrogen and oxygen atoms in total. The normalized spacial score (nSPS) is 23.7. The van der Waals surface area contributed by atoms with Crippen molar-refractivity contribution in [3.8, 4) is 5.75 Å². The number of halogens is 1. The summed E-state index contributed by atoms with van der Waals surface area (Å²) in [5, 5.41) is 0. The van der Waals surface area contributed by atoms with Gasteiger partial charge in [0.15, 0.2) is 5.78 Å². The highest BCUT2D eigenvalue weighted by molar-refractivity contribution is 14.1. The molecular weight excluding hydrogens is 331 g/mol. The Labute approximate surface area is 115 Å². The first kappa shape index (κ1) is 12.8. The van der Waals surface area contributed by atoms with Crippen LogP contribution in [-0.4, -0.2) is 25.6 Å². The van der Waals surface area contributed by atoms with Gasteiger partial charge in [0, 0.05) is 10.2 Å². The van der Waals surface area contributed by atoms with Gasteiger partial charge in [-0.15, -0.1) is 0 Å². The van der Waals surface area contributed by atoms with E-state index in [2.05, 4.69) is 29.5 Å². The Morgan fingerprint density at radius 3 is 2.88 bits per heavy atom. The molecular formula is C13H15IO3. The Bertz CT molecular complexity index is 431. The first-order valence-electron chi connectivity index (χ1n) is 5.63. The van der Waals surface area contributed by atoms with Crippen molar-refractivity contribution in [1.29, 1.82) is 0 Å². The first-order chi connectivity index (χ1) is 8.13. The fraction of sp³-hybridized carbons (Fsp3) is 0.462. The molecule has 1 aliphatic rings. The minimum Gasteiger partial charge on any atom is -0.496 e. The second kappa shape index (κ2) is 5.35. The molecule has 17 heavy (non-hydrogen) atoms. The van der Waals surface area contributed by atoms with Gasteiger partial charge in [0.25, 0.3) is 0 Å². The van der Waals surface area contributed by atoms with Crippen LogP contribution in [0, 0.1) is 9.49 Å². The van der Waals surface area contributed by atoms with Crippen LogP contribution in [0.1, 0.15) is 23.7 Å². The number of Topliss-reactive ketones (excluding diaryl/α,β-unsaturated/α-hetero) is 1. The highest BCUT2D eigenvalue weighted by Gasteiger charge is 2.32. The molecule has 0 aromatic heterocycles. The second-order valence-electron chi connectivity index (χ2n) is 4.27. The lowest BCUT2D eigenvalue weighted by atomic mass is 9.96. The van der Waals surface area contributed by atoms with Crippen molar-refractivity contribution >= 4 is 28.4 Å². The summed E-state index contributed by atoms with van der Waals surface area (Å²) in [6.45, 7) is 2.72. The van der Waals surface area contributed by atoms with Gasteiger partial charge in [-0.2, -0.15) is 0 Å². The molecule has 0 radical (unpaired) electrons. The van der Waals surface area contributed by atoms with Gasteiger partial charge in [0.2, 0.25) is 0 Å². The third kappa shape index (κ3) is 2.63. The molecule has 1 aliphatic heterocycles. The summed E-state index contributed by atoms with van der Waals surface area (Å²) in [6, 6.07) is 5.61. The van der Waals surface area contributed by atoms with Crippen molar-refractivity contribution in [3.63, 3.8) is 0 Å². The summed E-state index contributed by atoms with van der Waals surface area (Å²) < 4.78 is 11.8. The van der Waals surface area contributed by atoms with Gasteiger partial charge in [0.1, 0.15) is 11.9 Å². The Hall–Kier alpha value is -0.620. The van der Waals surface area contributed by atoms with Crippen LogP contribution in [0.4, 0.5) is 0 Å². The van der Waals surface area contributed by atoms with E-state index in [0.717, 1.165) is 9.99 Å². The average molecular weight is 346 g/mol. The quantitative estimate of drug-likeness (QED) is 0.624. The number of ether oxygens (including phenoxy) is 2. The predicted molar refractivity (Wildman–Crippen MR) is 73.6 cm³/mol. The van der Waals surface area contributed by atoms with Gasteiger partial charge < -0.3 is 9.47 Å². The van der Waals surface area contributed by atoms with Crippen molar-refractivity contribution in [2.24, 2.45) is 5.92 Å². The summed E-state index contributed by atoms with van der Waals surface area (Å²) in [6.07, 6.45) is 0.630. The number of benzene rings is 1. The third-order valence-electron chi connectivity index (χ3n) is 3.07. The monoisotopic (exact) mass is 346 g/mol. The Balaban J connectivity index is 2.32. The Kier molecular flexibility index (Phi) is 4.04. The van der Waals surface area contributed by atoms with Crippen molar-refractivity contribution < 1.29 is 14.3 Å². The van der Waals surface area contributed by atoms with Crippen molar-refractivity contribution in [2.75, 3.05) is 13.7 Å². The number of hydrogen-bond acceptors (Lipinski definition) is 3. The first-order valence-corrected chi connectivity index (χ1v) is 6.70. The number of rotatable bonds is 3. The van der Waals surface area contributed by atoms with E-state index in [-0.39, 0.29) is 17.8 Å². The molecule has 4 heteroatoms. The van der Waals surface area contributed by atoms with E-state index in [0.29, 0.717) is 17.9 Å². The van der Waals surface area contributed by atoms with E-state index in [9.17, 15) is 4.79 Å². The molecule has 2 rings (SSSR count). The number of ketones is 1. The highest BCUT2D eigenvalue weighted by Crippen LogP contribution is 2.28. The van der Waals surface area contributed by atoms with Crippen molar-refractivity contribution in [2.45, 2.75) is 19.4 Å². The van der Waals surface area contributed by atoms with Crippen LogP contribution in [0.5, 0.6) is 5.75 Å². The summed E-state index contributed by atoms with van der Waals surface area (Å²) >= 11 is 2.19. The SMILES string of the molecule is COc1ccc(I)cc1C(=O)C1OCCC1C. The zero-order valence-electron chi connectivity index (χ0n) is 9.90. The van der Waals surface area contributed by atoms with Gasteiger partial charge >= 0.3 is 0 Å². The number of carbonyl (C=O) groups is 1. The minimum absolute atomic E-state index is 0.0327. The maximum Gasteiger partial charge on any atom is 0.195 e. The molecule has 1 fully saturated rings. The minimum atomic E-state index is -0.318. The van der Waals surface area contributed by atoms with Gasteiger partial charge in [-0.3, -0.25) is 4.79 Å². The van der Waals surface area contributed by atoms with Crippen LogP contribution in [-0.2, 0) is 4.74 Å². The summed E-state index contributed by atoms with van der Waals surface area (Å²) in [5.41, 5.74) is 0.623. The Morgan fingerprint density at radius 2 is 2.29 bits per heavy atom. The molecule has 0 N–H and O–H groups in total. The highest BCUT2D eigenvalue weighted by atomic mass is 127. The molecule has 0 amide bonds.